The first-order valence-electron chi connectivity index (χ1n) is 9.83. The fourth-order valence-corrected chi connectivity index (χ4v) is 4.36. The van der Waals surface area contributed by atoms with Crippen molar-refractivity contribution in [2.75, 3.05) is 10.6 Å². The van der Waals surface area contributed by atoms with Crippen molar-refractivity contribution < 1.29 is 9.59 Å². The van der Waals surface area contributed by atoms with Crippen LogP contribution in [-0.4, -0.2) is 16.9 Å². The first kappa shape index (κ1) is 22.8. The predicted octanol–water partition coefficient (Wildman–Crippen LogP) is 6.17. The van der Waals surface area contributed by atoms with E-state index in [9.17, 15) is 9.59 Å². The van der Waals surface area contributed by atoms with Gasteiger partial charge in [-0.05, 0) is 63.4 Å². The zero-order valence-electron chi connectivity index (χ0n) is 18.1. The summed E-state index contributed by atoms with van der Waals surface area (Å²) in [5.74, 6) is -0.243. The second-order valence-corrected chi connectivity index (χ2v) is 8.97. The lowest BCUT2D eigenvalue weighted by Gasteiger charge is -2.14. The molecule has 0 saturated heterocycles. The highest BCUT2D eigenvalue weighted by Crippen LogP contribution is 2.27. The normalized spacial score (nSPS) is 11.7. The van der Waals surface area contributed by atoms with Gasteiger partial charge < -0.3 is 10.6 Å². The van der Waals surface area contributed by atoms with Gasteiger partial charge in [0.15, 0.2) is 5.13 Å². The van der Waals surface area contributed by atoms with Gasteiger partial charge >= 0.3 is 6.03 Å². The molecule has 3 aromatic rings. The van der Waals surface area contributed by atoms with Crippen LogP contribution in [0.15, 0.2) is 36.4 Å². The zero-order chi connectivity index (χ0) is 22.7. The number of halogens is 1. The fraction of sp³-hybridized carbons (Fsp3) is 0.261. The number of amides is 3. The van der Waals surface area contributed by atoms with Gasteiger partial charge in [-0.1, -0.05) is 52.8 Å². The van der Waals surface area contributed by atoms with Gasteiger partial charge in [-0.25, -0.2) is 9.78 Å². The monoisotopic (exact) mass is 456 g/mol. The summed E-state index contributed by atoms with van der Waals surface area (Å²) in [6, 6.07) is 10.7. The number of thiazole rings is 1. The molecule has 0 bridgehead atoms. The number of aryl methyl sites for hydroxylation is 4. The Labute approximate surface area is 191 Å². The van der Waals surface area contributed by atoms with E-state index in [0.717, 1.165) is 39.3 Å². The van der Waals surface area contributed by atoms with Gasteiger partial charge in [0.2, 0.25) is 0 Å². The highest BCUT2D eigenvalue weighted by Gasteiger charge is 2.19. The summed E-state index contributed by atoms with van der Waals surface area (Å²) < 4.78 is 0. The third-order valence-corrected chi connectivity index (χ3v) is 6.18. The van der Waals surface area contributed by atoms with Gasteiger partial charge in [-0.2, -0.15) is 0 Å². The van der Waals surface area contributed by atoms with Gasteiger partial charge in [-0.3, -0.25) is 10.1 Å². The molecule has 3 N–H and O–H groups in total. The average Bonchev–Trinajstić information content (AvgIpc) is 3.04. The van der Waals surface area contributed by atoms with E-state index in [1.165, 1.54) is 0 Å². The van der Waals surface area contributed by atoms with Gasteiger partial charge in [-0.15, -0.1) is 0 Å². The third-order valence-electron chi connectivity index (χ3n) is 4.86. The van der Waals surface area contributed by atoms with Crippen LogP contribution in [0, 0.1) is 27.7 Å². The minimum atomic E-state index is -0.395. The molecule has 3 rings (SSSR count). The molecule has 0 aliphatic carbocycles. The van der Waals surface area contributed by atoms with Crippen molar-refractivity contribution in [3.8, 4) is 0 Å². The molecule has 3 amide bonds. The van der Waals surface area contributed by atoms with Crippen LogP contribution < -0.4 is 16.0 Å². The first-order chi connectivity index (χ1) is 14.6. The Morgan fingerprint density at radius 1 is 1.00 bits per heavy atom. The minimum Gasteiger partial charge on any atom is -0.331 e. The average molecular weight is 457 g/mol. The molecule has 0 radical (unpaired) electrons. The molecule has 1 aromatic heterocycles. The van der Waals surface area contributed by atoms with E-state index in [4.69, 9.17) is 11.6 Å². The van der Waals surface area contributed by atoms with E-state index in [-0.39, 0.29) is 11.9 Å². The zero-order valence-corrected chi connectivity index (χ0v) is 19.7. The second-order valence-electron chi connectivity index (χ2n) is 7.53. The maximum atomic E-state index is 12.8. The van der Waals surface area contributed by atoms with Crippen LogP contribution in [0.2, 0.25) is 5.02 Å². The van der Waals surface area contributed by atoms with Crippen molar-refractivity contribution in [3.05, 3.63) is 74.2 Å². The van der Waals surface area contributed by atoms with Crippen molar-refractivity contribution in [1.82, 2.24) is 10.3 Å². The smallest absolute Gasteiger partial charge is 0.321 e. The number of nitrogens with one attached hydrogen (secondary N) is 3. The SMILES string of the molecule is Cc1cc(C)c(NC(=O)c2sc(NC(=O)NC(C)c3ccc(Cl)cc3)nc2C)c(C)c1. The highest BCUT2D eigenvalue weighted by atomic mass is 35.5. The molecule has 0 aliphatic heterocycles. The molecule has 6 nitrogen and oxygen atoms in total. The molecule has 1 heterocycles. The lowest BCUT2D eigenvalue weighted by Crippen LogP contribution is -2.31. The summed E-state index contributed by atoms with van der Waals surface area (Å²) >= 11 is 7.05. The molecule has 1 unspecified atom stereocenters. The number of carbonyl (C=O) groups excluding carboxylic acids is 2. The molecule has 0 spiro atoms. The molecule has 0 aliphatic rings. The maximum absolute atomic E-state index is 12.8. The first-order valence-corrected chi connectivity index (χ1v) is 11.0. The fourth-order valence-electron chi connectivity index (χ4n) is 3.37. The van der Waals surface area contributed by atoms with Gasteiger partial charge in [0.1, 0.15) is 4.88 Å². The number of urea groups is 1. The van der Waals surface area contributed by atoms with Gasteiger partial charge in [0.05, 0.1) is 11.7 Å². The molecular weight excluding hydrogens is 432 g/mol. The van der Waals surface area contributed by atoms with Crippen LogP contribution in [0.1, 0.15) is 50.6 Å². The summed E-state index contributed by atoms with van der Waals surface area (Å²) in [7, 11) is 0. The predicted molar refractivity (Wildman–Crippen MR) is 127 cm³/mol. The minimum absolute atomic E-state index is 0.214. The van der Waals surface area contributed by atoms with Gasteiger partial charge in [0.25, 0.3) is 5.91 Å². The standard InChI is InChI=1S/C23H25ClN4O2S/c1-12-10-13(2)19(14(3)11-12)27-21(29)20-16(5)26-23(31-20)28-22(30)25-15(4)17-6-8-18(24)9-7-17/h6-11,15H,1-5H3,(H,27,29)(H2,25,26,28,30). The Hall–Kier alpha value is -2.90. The second kappa shape index (κ2) is 9.49. The Morgan fingerprint density at radius 3 is 2.23 bits per heavy atom. The molecule has 0 saturated carbocycles. The molecular formula is C23H25ClN4O2S. The van der Waals surface area contributed by atoms with E-state index in [1.54, 1.807) is 19.1 Å². The summed E-state index contributed by atoms with van der Waals surface area (Å²) in [6.07, 6.45) is 0. The molecule has 1 atom stereocenters. The van der Waals surface area contributed by atoms with Crippen LogP contribution in [0.3, 0.4) is 0 Å². The molecule has 31 heavy (non-hydrogen) atoms. The van der Waals surface area contributed by atoms with E-state index >= 15 is 0 Å². The van der Waals surface area contributed by atoms with Crippen molar-refractivity contribution in [2.24, 2.45) is 0 Å². The number of anilines is 2. The van der Waals surface area contributed by atoms with Crippen molar-refractivity contribution in [3.63, 3.8) is 0 Å². The van der Waals surface area contributed by atoms with E-state index < -0.39 is 6.03 Å². The van der Waals surface area contributed by atoms with Crippen LogP contribution >= 0.6 is 22.9 Å². The van der Waals surface area contributed by atoms with Crippen molar-refractivity contribution >= 4 is 45.7 Å². The maximum Gasteiger partial charge on any atom is 0.321 e. The van der Waals surface area contributed by atoms with E-state index in [0.29, 0.717) is 20.7 Å². The molecule has 0 fully saturated rings. The summed E-state index contributed by atoms with van der Waals surface area (Å²) in [4.78, 5) is 30.0. The Morgan fingerprint density at radius 2 is 1.61 bits per heavy atom. The number of hydrogen-bond donors (Lipinski definition) is 3. The number of carbonyl (C=O) groups is 2. The molecule has 2 aromatic carbocycles. The topological polar surface area (TPSA) is 83.1 Å². The largest absolute Gasteiger partial charge is 0.331 e. The third kappa shape index (κ3) is 5.62. The number of benzene rings is 2. The Bertz CT molecular complexity index is 1100. The summed E-state index contributed by atoms with van der Waals surface area (Å²) in [5.41, 5.74) is 5.44. The number of aromatic nitrogens is 1. The lowest BCUT2D eigenvalue weighted by atomic mass is 10.1. The summed E-state index contributed by atoms with van der Waals surface area (Å²) in [5, 5.41) is 9.55. The van der Waals surface area contributed by atoms with Crippen molar-refractivity contribution in [2.45, 2.75) is 40.7 Å². The molecule has 8 heteroatoms. The van der Waals surface area contributed by atoms with Gasteiger partial charge in [0, 0.05) is 10.7 Å². The number of hydrogen-bond acceptors (Lipinski definition) is 4. The van der Waals surface area contributed by atoms with Crippen molar-refractivity contribution in [1.29, 1.82) is 0 Å². The Kier molecular flexibility index (Phi) is 6.97. The summed E-state index contributed by atoms with van der Waals surface area (Å²) in [6.45, 7) is 9.58. The van der Waals surface area contributed by atoms with Crippen LogP contribution in [0.25, 0.3) is 0 Å². The number of nitrogens with zero attached hydrogens (tertiary/aromatic N) is 1. The van der Waals surface area contributed by atoms with Crippen LogP contribution in [0.5, 0.6) is 0 Å². The quantitative estimate of drug-likeness (QED) is 0.429. The van der Waals surface area contributed by atoms with Crippen LogP contribution in [-0.2, 0) is 0 Å². The van der Waals surface area contributed by atoms with E-state index in [2.05, 4.69) is 20.9 Å². The Balaban J connectivity index is 1.67. The highest BCUT2D eigenvalue weighted by molar-refractivity contribution is 7.17. The molecule has 162 valence electrons. The van der Waals surface area contributed by atoms with Crippen LogP contribution in [0.4, 0.5) is 15.6 Å². The lowest BCUT2D eigenvalue weighted by molar-refractivity contribution is 0.102. The van der Waals surface area contributed by atoms with E-state index in [1.807, 2.05) is 52.0 Å². The number of rotatable bonds is 5.